The molecule has 0 fully saturated rings. The van der Waals surface area contributed by atoms with Crippen LogP contribution in [0.25, 0.3) is 0 Å². The van der Waals surface area contributed by atoms with Gasteiger partial charge in [-0.2, -0.15) is 0 Å². The first-order chi connectivity index (χ1) is 8.34. The summed E-state index contributed by atoms with van der Waals surface area (Å²) in [4.78, 5) is 11.4. The first kappa shape index (κ1) is 14.0. The minimum atomic E-state index is -0.289. The van der Waals surface area contributed by atoms with E-state index in [-0.39, 0.29) is 25.3 Å². The number of hydrogen-bond donors (Lipinski definition) is 0. The highest BCUT2D eigenvalue weighted by atomic mass is 16.7. The predicted octanol–water partition coefficient (Wildman–Crippen LogP) is 0.327. The number of methoxy groups -OCH3 is 1. The number of rotatable bonds is 9. The Labute approximate surface area is 100 Å². The molecule has 0 radical (unpaired) electrons. The zero-order valence-corrected chi connectivity index (χ0v) is 9.92. The Morgan fingerprint density at radius 2 is 2.06 bits per heavy atom. The molecule has 0 saturated carbocycles. The van der Waals surface area contributed by atoms with Gasteiger partial charge >= 0.3 is 5.97 Å². The van der Waals surface area contributed by atoms with E-state index in [0.717, 1.165) is 0 Å². The number of carbonyl (C=O) groups excluding carboxylic acids is 1. The maximum absolute atomic E-state index is 11.4. The lowest BCUT2D eigenvalue weighted by Gasteiger charge is -2.08. The molecule has 0 saturated heterocycles. The standard InChI is InChI=1S/C11H18O6/c1-13-4-5-15-9-16-6-7-17-11(12)10-2-3-14-8-10/h2-3,10H,4-9H2,1H3. The molecule has 0 aromatic carbocycles. The Hall–Kier alpha value is -1.11. The number of carbonyl (C=O) groups is 1. The third-order valence-electron chi connectivity index (χ3n) is 2.06. The van der Waals surface area contributed by atoms with Crippen molar-refractivity contribution in [3.05, 3.63) is 12.3 Å². The summed E-state index contributed by atoms with van der Waals surface area (Å²) in [5.41, 5.74) is 0. The van der Waals surface area contributed by atoms with Crippen LogP contribution in [0.15, 0.2) is 12.3 Å². The van der Waals surface area contributed by atoms with Crippen LogP contribution in [0.3, 0.4) is 0 Å². The molecule has 0 aromatic rings. The van der Waals surface area contributed by atoms with Crippen LogP contribution >= 0.6 is 0 Å². The molecule has 6 nitrogen and oxygen atoms in total. The zero-order valence-electron chi connectivity index (χ0n) is 9.92. The Morgan fingerprint density at radius 1 is 1.29 bits per heavy atom. The van der Waals surface area contributed by atoms with Crippen LogP contribution in [0.2, 0.25) is 0 Å². The highest BCUT2D eigenvalue weighted by molar-refractivity contribution is 5.74. The minimum absolute atomic E-state index is 0.174. The van der Waals surface area contributed by atoms with Crippen LogP contribution in [-0.2, 0) is 28.5 Å². The quantitative estimate of drug-likeness (QED) is 0.332. The van der Waals surface area contributed by atoms with Gasteiger partial charge in [0.25, 0.3) is 0 Å². The van der Waals surface area contributed by atoms with Gasteiger partial charge < -0.3 is 23.7 Å². The van der Waals surface area contributed by atoms with Gasteiger partial charge in [-0.3, -0.25) is 4.79 Å². The van der Waals surface area contributed by atoms with Gasteiger partial charge in [0.1, 0.15) is 25.9 Å². The summed E-state index contributed by atoms with van der Waals surface area (Å²) in [5.74, 6) is -0.574. The van der Waals surface area contributed by atoms with Crippen molar-refractivity contribution in [3.8, 4) is 0 Å². The molecule has 1 heterocycles. The fourth-order valence-corrected chi connectivity index (χ4v) is 1.14. The Kier molecular flexibility index (Phi) is 7.37. The van der Waals surface area contributed by atoms with Crippen molar-refractivity contribution in [1.29, 1.82) is 0 Å². The van der Waals surface area contributed by atoms with Crippen LogP contribution in [0, 0.1) is 5.92 Å². The smallest absolute Gasteiger partial charge is 0.316 e. The summed E-state index contributed by atoms with van der Waals surface area (Å²) in [6.07, 6.45) is 3.18. The molecule has 1 atom stereocenters. The van der Waals surface area contributed by atoms with E-state index in [2.05, 4.69) is 0 Å². The lowest BCUT2D eigenvalue weighted by atomic mass is 10.2. The third-order valence-corrected chi connectivity index (χ3v) is 2.06. The Morgan fingerprint density at radius 3 is 2.71 bits per heavy atom. The van der Waals surface area contributed by atoms with E-state index in [1.54, 1.807) is 13.2 Å². The monoisotopic (exact) mass is 246 g/mol. The maximum Gasteiger partial charge on any atom is 0.316 e. The fraction of sp³-hybridized carbons (Fsp3) is 0.727. The summed E-state index contributed by atoms with van der Waals surface area (Å²) >= 11 is 0. The molecule has 1 rings (SSSR count). The third kappa shape index (κ3) is 6.25. The topological polar surface area (TPSA) is 63.2 Å². The van der Waals surface area contributed by atoms with Gasteiger partial charge in [0, 0.05) is 7.11 Å². The van der Waals surface area contributed by atoms with Crippen LogP contribution in [0.4, 0.5) is 0 Å². The molecule has 1 unspecified atom stereocenters. The van der Waals surface area contributed by atoms with Crippen molar-refractivity contribution in [1.82, 2.24) is 0 Å². The summed E-state index contributed by atoms with van der Waals surface area (Å²) in [6.45, 7) is 2.09. The number of ether oxygens (including phenoxy) is 5. The molecule has 1 aliphatic heterocycles. The second kappa shape index (κ2) is 8.98. The molecule has 6 heteroatoms. The normalized spacial score (nSPS) is 18.1. The van der Waals surface area contributed by atoms with Gasteiger partial charge in [0.15, 0.2) is 0 Å². The van der Waals surface area contributed by atoms with Crippen LogP contribution < -0.4 is 0 Å². The Balaban J connectivity index is 1.86. The second-order valence-corrected chi connectivity index (χ2v) is 3.36. The molecule has 0 aliphatic carbocycles. The molecule has 98 valence electrons. The number of hydrogen-bond acceptors (Lipinski definition) is 6. The average molecular weight is 246 g/mol. The second-order valence-electron chi connectivity index (χ2n) is 3.36. The van der Waals surface area contributed by atoms with E-state index in [9.17, 15) is 4.79 Å². The van der Waals surface area contributed by atoms with E-state index in [1.807, 2.05) is 0 Å². The first-order valence-electron chi connectivity index (χ1n) is 5.44. The lowest BCUT2D eigenvalue weighted by molar-refractivity contribution is -0.151. The van der Waals surface area contributed by atoms with Crippen molar-refractivity contribution in [2.75, 3.05) is 46.9 Å². The summed E-state index contributed by atoms with van der Waals surface area (Å²) < 4.78 is 24.8. The average Bonchev–Trinajstić information content (AvgIpc) is 2.86. The van der Waals surface area contributed by atoms with E-state index in [1.165, 1.54) is 6.26 Å². The SMILES string of the molecule is COCCOCOCCOC(=O)C1C=COC1. The van der Waals surface area contributed by atoms with Gasteiger partial charge in [0.2, 0.25) is 0 Å². The molecule has 0 amide bonds. The molecule has 17 heavy (non-hydrogen) atoms. The van der Waals surface area contributed by atoms with Gasteiger partial charge in [-0.25, -0.2) is 0 Å². The van der Waals surface area contributed by atoms with Crippen LogP contribution in [0.1, 0.15) is 0 Å². The lowest BCUT2D eigenvalue weighted by Crippen LogP contribution is -2.20. The van der Waals surface area contributed by atoms with Crippen LogP contribution in [0.5, 0.6) is 0 Å². The van der Waals surface area contributed by atoms with Gasteiger partial charge in [-0.05, 0) is 6.08 Å². The first-order valence-corrected chi connectivity index (χ1v) is 5.44. The summed E-state index contributed by atoms with van der Waals surface area (Å²) in [6, 6.07) is 0. The molecule has 0 aromatic heterocycles. The van der Waals surface area contributed by atoms with Crippen molar-refractivity contribution >= 4 is 5.97 Å². The van der Waals surface area contributed by atoms with E-state index >= 15 is 0 Å². The molecular formula is C11H18O6. The van der Waals surface area contributed by atoms with E-state index in [0.29, 0.717) is 26.4 Å². The Bertz CT molecular complexity index is 240. The van der Waals surface area contributed by atoms with Crippen molar-refractivity contribution in [2.45, 2.75) is 0 Å². The minimum Gasteiger partial charge on any atom is -0.500 e. The molecule has 0 N–H and O–H groups in total. The van der Waals surface area contributed by atoms with E-state index < -0.39 is 0 Å². The zero-order chi connectivity index (χ0) is 12.3. The largest absolute Gasteiger partial charge is 0.500 e. The molecule has 0 bridgehead atoms. The van der Waals surface area contributed by atoms with Gasteiger partial charge in [-0.15, -0.1) is 0 Å². The van der Waals surface area contributed by atoms with Crippen molar-refractivity contribution in [2.24, 2.45) is 5.92 Å². The molecule has 0 spiro atoms. The van der Waals surface area contributed by atoms with Gasteiger partial charge in [0.05, 0.1) is 26.1 Å². The van der Waals surface area contributed by atoms with E-state index in [4.69, 9.17) is 23.7 Å². The number of esters is 1. The molecule has 1 aliphatic rings. The highest BCUT2D eigenvalue weighted by Gasteiger charge is 2.20. The van der Waals surface area contributed by atoms with Crippen LogP contribution in [-0.4, -0.2) is 52.9 Å². The summed E-state index contributed by atoms with van der Waals surface area (Å²) in [5, 5.41) is 0. The maximum atomic E-state index is 11.4. The highest BCUT2D eigenvalue weighted by Crippen LogP contribution is 2.09. The fourth-order valence-electron chi connectivity index (χ4n) is 1.14. The van der Waals surface area contributed by atoms with Crippen molar-refractivity contribution in [3.63, 3.8) is 0 Å². The van der Waals surface area contributed by atoms with Crippen molar-refractivity contribution < 1.29 is 28.5 Å². The summed E-state index contributed by atoms with van der Waals surface area (Å²) in [7, 11) is 1.60. The van der Waals surface area contributed by atoms with Gasteiger partial charge in [-0.1, -0.05) is 0 Å². The predicted molar refractivity (Wildman–Crippen MR) is 58.2 cm³/mol. The molecular weight excluding hydrogens is 228 g/mol.